The smallest absolute Gasteiger partial charge is 0.232 e. The number of ether oxygens (including phenoxy) is 1. The minimum atomic E-state index is -0.344. The van der Waals surface area contributed by atoms with E-state index in [2.05, 4.69) is 26.0 Å². The van der Waals surface area contributed by atoms with Gasteiger partial charge in [0.15, 0.2) is 0 Å². The standard InChI is InChI=1S/C20H28N2O3/c1-15(2)22-18(16-7-5-4-6-8-16)20(19(22)24)10-12-21(13-11-20)17(23)9-14-25-3/h4-8,15,18H,9-14H2,1-3H3. The van der Waals surface area contributed by atoms with Crippen molar-refractivity contribution in [2.24, 2.45) is 5.41 Å². The van der Waals surface area contributed by atoms with Crippen molar-refractivity contribution in [1.29, 1.82) is 0 Å². The lowest BCUT2D eigenvalue weighted by molar-refractivity contribution is -0.186. The topological polar surface area (TPSA) is 49.9 Å². The summed E-state index contributed by atoms with van der Waals surface area (Å²) in [5, 5.41) is 0. The fourth-order valence-electron chi connectivity index (χ4n) is 4.33. The van der Waals surface area contributed by atoms with Gasteiger partial charge in [-0.3, -0.25) is 9.59 Å². The number of carbonyl (C=O) groups excluding carboxylic acids is 2. The number of methoxy groups -OCH3 is 1. The zero-order chi connectivity index (χ0) is 18.0. The van der Waals surface area contributed by atoms with Crippen LogP contribution in [-0.2, 0) is 14.3 Å². The molecule has 0 N–H and O–H groups in total. The molecule has 1 unspecified atom stereocenters. The fraction of sp³-hybridized carbons (Fsp3) is 0.600. The molecular weight excluding hydrogens is 316 g/mol. The maximum absolute atomic E-state index is 13.0. The molecule has 2 aliphatic rings. The Kier molecular flexibility index (Phi) is 5.13. The molecule has 2 saturated heterocycles. The van der Waals surface area contributed by atoms with Gasteiger partial charge in [0.25, 0.3) is 0 Å². The molecule has 5 heteroatoms. The molecule has 1 aromatic rings. The quantitative estimate of drug-likeness (QED) is 0.772. The highest BCUT2D eigenvalue weighted by atomic mass is 16.5. The molecule has 2 amide bonds. The van der Waals surface area contributed by atoms with E-state index in [0.29, 0.717) is 26.1 Å². The molecular formula is C20H28N2O3. The van der Waals surface area contributed by atoms with E-state index in [4.69, 9.17) is 4.74 Å². The van der Waals surface area contributed by atoms with Gasteiger partial charge in [-0.25, -0.2) is 0 Å². The van der Waals surface area contributed by atoms with Crippen molar-refractivity contribution in [1.82, 2.24) is 9.80 Å². The predicted molar refractivity (Wildman–Crippen MR) is 95.9 cm³/mol. The van der Waals surface area contributed by atoms with Crippen molar-refractivity contribution >= 4 is 11.8 Å². The van der Waals surface area contributed by atoms with Crippen molar-refractivity contribution in [3.05, 3.63) is 35.9 Å². The first-order valence-electron chi connectivity index (χ1n) is 9.15. The van der Waals surface area contributed by atoms with E-state index in [1.165, 1.54) is 5.56 Å². The summed E-state index contributed by atoms with van der Waals surface area (Å²) < 4.78 is 5.00. The van der Waals surface area contributed by atoms with E-state index in [1.807, 2.05) is 28.0 Å². The van der Waals surface area contributed by atoms with Crippen molar-refractivity contribution < 1.29 is 14.3 Å². The van der Waals surface area contributed by atoms with E-state index in [-0.39, 0.29) is 29.3 Å². The lowest BCUT2D eigenvalue weighted by Crippen LogP contribution is -2.68. The number of benzene rings is 1. The molecule has 1 atom stereocenters. The molecule has 0 radical (unpaired) electrons. The lowest BCUT2D eigenvalue weighted by atomic mass is 9.61. The number of hydrogen-bond acceptors (Lipinski definition) is 3. The second-order valence-electron chi connectivity index (χ2n) is 7.40. The van der Waals surface area contributed by atoms with Crippen LogP contribution in [-0.4, -0.2) is 54.5 Å². The maximum Gasteiger partial charge on any atom is 0.232 e. The van der Waals surface area contributed by atoms with Gasteiger partial charge in [-0.2, -0.15) is 0 Å². The van der Waals surface area contributed by atoms with Crippen LogP contribution in [0.2, 0.25) is 0 Å². The highest BCUT2D eigenvalue weighted by Gasteiger charge is 2.62. The molecule has 1 aromatic carbocycles. The average Bonchev–Trinajstić information content (AvgIpc) is 2.64. The minimum Gasteiger partial charge on any atom is -0.384 e. The van der Waals surface area contributed by atoms with Gasteiger partial charge < -0.3 is 14.5 Å². The van der Waals surface area contributed by atoms with Crippen LogP contribution in [0.4, 0.5) is 0 Å². The number of rotatable bonds is 5. The Hall–Kier alpha value is -1.88. The largest absolute Gasteiger partial charge is 0.384 e. The Morgan fingerprint density at radius 2 is 1.88 bits per heavy atom. The fourth-order valence-corrected chi connectivity index (χ4v) is 4.33. The summed E-state index contributed by atoms with van der Waals surface area (Å²) in [4.78, 5) is 29.1. The summed E-state index contributed by atoms with van der Waals surface area (Å²) >= 11 is 0. The molecule has 2 heterocycles. The molecule has 0 bridgehead atoms. The number of hydrogen-bond donors (Lipinski definition) is 0. The molecule has 136 valence electrons. The van der Waals surface area contributed by atoms with Crippen LogP contribution in [0.5, 0.6) is 0 Å². The Morgan fingerprint density at radius 3 is 2.44 bits per heavy atom. The highest BCUT2D eigenvalue weighted by Crippen LogP contribution is 2.56. The van der Waals surface area contributed by atoms with Gasteiger partial charge in [0, 0.05) is 26.2 Å². The number of β-lactam (4-membered cyclic amide) rings is 1. The summed E-state index contributed by atoms with van der Waals surface area (Å²) in [5.74, 6) is 0.376. The molecule has 0 aliphatic carbocycles. The summed E-state index contributed by atoms with van der Waals surface area (Å²) in [6.45, 7) is 5.91. The molecule has 1 spiro atoms. The third kappa shape index (κ3) is 3.06. The van der Waals surface area contributed by atoms with Gasteiger partial charge in [0.2, 0.25) is 11.8 Å². The first-order valence-corrected chi connectivity index (χ1v) is 9.15. The molecule has 2 fully saturated rings. The van der Waals surface area contributed by atoms with Crippen molar-refractivity contribution in [3.8, 4) is 0 Å². The number of carbonyl (C=O) groups is 2. The first kappa shape index (κ1) is 17.9. The van der Waals surface area contributed by atoms with E-state index >= 15 is 0 Å². The number of nitrogens with zero attached hydrogens (tertiary/aromatic N) is 2. The second kappa shape index (κ2) is 7.16. The van der Waals surface area contributed by atoms with Gasteiger partial charge in [-0.1, -0.05) is 30.3 Å². The van der Waals surface area contributed by atoms with Crippen molar-refractivity contribution in [2.45, 2.75) is 45.2 Å². The summed E-state index contributed by atoms with van der Waals surface area (Å²) in [6, 6.07) is 10.6. The Balaban J connectivity index is 1.77. The third-order valence-electron chi connectivity index (χ3n) is 5.66. The third-order valence-corrected chi connectivity index (χ3v) is 5.66. The highest BCUT2D eigenvalue weighted by molar-refractivity contribution is 5.91. The van der Waals surface area contributed by atoms with E-state index in [9.17, 15) is 9.59 Å². The van der Waals surface area contributed by atoms with Crippen molar-refractivity contribution in [3.63, 3.8) is 0 Å². The second-order valence-corrected chi connectivity index (χ2v) is 7.40. The van der Waals surface area contributed by atoms with Gasteiger partial charge >= 0.3 is 0 Å². The van der Waals surface area contributed by atoms with Crippen LogP contribution in [0.15, 0.2) is 30.3 Å². The van der Waals surface area contributed by atoms with Gasteiger partial charge in [-0.05, 0) is 32.3 Å². The first-order chi connectivity index (χ1) is 12.0. The average molecular weight is 344 g/mol. The molecule has 3 rings (SSSR count). The molecule has 5 nitrogen and oxygen atoms in total. The molecule has 2 aliphatic heterocycles. The molecule has 0 aromatic heterocycles. The number of likely N-dealkylation sites (tertiary alicyclic amines) is 2. The van der Waals surface area contributed by atoms with Crippen molar-refractivity contribution in [2.75, 3.05) is 26.8 Å². The summed E-state index contributed by atoms with van der Waals surface area (Å²) in [7, 11) is 1.61. The Morgan fingerprint density at radius 1 is 1.24 bits per heavy atom. The van der Waals surface area contributed by atoms with E-state index < -0.39 is 0 Å². The summed E-state index contributed by atoms with van der Waals surface area (Å²) in [6.07, 6.45) is 1.90. The minimum absolute atomic E-state index is 0.123. The zero-order valence-corrected chi connectivity index (χ0v) is 15.4. The summed E-state index contributed by atoms with van der Waals surface area (Å²) in [5.41, 5.74) is 0.860. The molecule has 25 heavy (non-hydrogen) atoms. The SMILES string of the molecule is COCCC(=O)N1CCC2(CC1)C(=O)N(C(C)C)C2c1ccccc1. The monoisotopic (exact) mass is 344 g/mol. The number of amides is 2. The van der Waals surface area contributed by atoms with Gasteiger partial charge in [0.05, 0.1) is 24.5 Å². The zero-order valence-electron chi connectivity index (χ0n) is 15.4. The predicted octanol–water partition coefficient (Wildman–Crippen LogP) is 2.62. The van der Waals surface area contributed by atoms with Gasteiger partial charge in [0.1, 0.15) is 0 Å². The van der Waals surface area contributed by atoms with Crippen LogP contribution < -0.4 is 0 Å². The van der Waals surface area contributed by atoms with Crippen LogP contribution >= 0.6 is 0 Å². The lowest BCUT2D eigenvalue weighted by Gasteiger charge is -2.60. The van der Waals surface area contributed by atoms with Crippen LogP contribution in [0.25, 0.3) is 0 Å². The Bertz CT molecular complexity index is 621. The molecule has 0 saturated carbocycles. The van der Waals surface area contributed by atoms with Gasteiger partial charge in [-0.15, -0.1) is 0 Å². The van der Waals surface area contributed by atoms with Crippen LogP contribution in [0, 0.1) is 5.41 Å². The normalized spacial score (nSPS) is 22.4. The van der Waals surface area contributed by atoms with Crippen LogP contribution in [0.3, 0.4) is 0 Å². The van der Waals surface area contributed by atoms with E-state index in [1.54, 1.807) is 7.11 Å². The maximum atomic E-state index is 13.0. The number of piperidine rings is 1. The van der Waals surface area contributed by atoms with E-state index in [0.717, 1.165) is 12.8 Å². The Labute approximate surface area is 149 Å². The van der Waals surface area contributed by atoms with Crippen LogP contribution in [0.1, 0.15) is 44.7 Å².